The van der Waals surface area contributed by atoms with E-state index in [1.54, 1.807) is 0 Å². The van der Waals surface area contributed by atoms with E-state index in [2.05, 4.69) is 30.8 Å². The summed E-state index contributed by atoms with van der Waals surface area (Å²) in [5.41, 5.74) is 6.36. The second-order valence-corrected chi connectivity index (χ2v) is 7.48. The van der Waals surface area contributed by atoms with E-state index in [0.717, 1.165) is 17.8 Å². The summed E-state index contributed by atoms with van der Waals surface area (Å²) in [5, 5.41) is 0. The van der Waals surface area contributed by atoms with Gasteiger partial charge in [-0.2, -0.15) is 0 Å². The molecule has 0 radical (unpaired) electrons. The van der Waals surface area contributed by atoms with E-state index >= 15 is 0 Å². The second-order valence-electron chi connectivity index (χ2n) is 7.48. The van der Waals surface area contributed by atoms with E-state index in [1.807, 2.05) is 0 Å². The predicted molar refractivity (Wildman–Crippen MR) is 86.8 cm³/mol. The van der Waals surface area contributed by atoms with Gasteiger partial charge in [0.15, 0.2) is 0 Å². The zero-order valence-electron chi connectivity index (χ0n) is 13.9. The van der Waals surface area contributed by atoms with Crippen molar-refractivity contribution in [3.8, 4) is 0 Å². The summed E-state index contributed by atoms with van der Waals surface area (Å²) in [6, 6.07) is 0.442. The molecule has 1 saturated heterocycles. The van der Waals surface area contributed by atoms with Gasteiger partial charge in [0.25, 0.3) is 0 Å². The van der Waals surface area contributed by atoms with Crippen LogP contribution >= 0.6 is 0 Å². The molecule has 118 valence electrons. The smallest absolute Gasteiger partial charge is 0.00795 e. The lowest BCUT2D eigenvalue weighted by atomic mass is 9.77. The Morgan fingerprint density at radius 1 is 1.05 bits per heavy atom. The highest BCUT2D eigenvalue weighted by molar-refractivity contribution is 4.84. The monoisotopic (exact) mass is 281 g/mol. The van der Waals surface area contributed by atoms with Gasteiger partial charge in [0.1, 0.15) is 0 Å². The summed E-state index contributed by atoms with van der Waals surface area (Å²) in [4.78, 5) is 5.03. The second kappa shape index (κ2) is 7.77. The van der Waals surface area contributed by atoms with Crippen LogP contribution in [0.2, 0.25) is 0 Å². The van der Waals surface area contributed by atoms with Gasteiger partial charge in [0.2, 0.25) is 0 Å². The largest absolute Gasteiger partial charge is 0.327 e. The Morgan fingerprint density at radius 3 is 2.40 bits per heavy atom. The SMILES string of the molecule is CCC1CCC(N)C(CN(C)CC2CCN(C)CC2)C1. The van der Waals surface area contributed by atoms with E-state index < -0.39 is 0 Å². The van der Waals surface area contributed by atoms with E-state index in [4.69, 9.17) is 5.73 Å². The molecule has 1 saturated carbocycles. The maximum atomic E-state index is 6.36. The molecule has 3 nitrogen and oxygen atoms in total. The van der Waals surface area contributed by atoms with Crippen LogP contribution < -0.4 is 5.73 Å². The number of hydrogen-bond acceptors (Lipinski definition) is 3. The quantitative estimate of drug-likeness (QED) is 0.840. The van der Waals surface area contributed by atoms with E-state index in [1.165, 1.54) is 64.7 Å². The highest BCUT2D eigenvalue weighted by atomic mass is 15.1. The molecule has 0 amide bonds. The van der Waals surface area contributed by atoms with Gasteiger partial charge < -0.3 is 15.5 Å². The van der Waals surface area contributed by atoms with E-state index in [-0.39, 0.29) is 0 Å². The summed E-state index contributed by atoms with van der Waals surface area (Å²) in [5.74, 6) is 2.56. The molecule has 0 aromatic rings. The average Bonchev–Trinajstić information content (AvgIpc) is 2.44. The van der Waals surface area contributed by atoms with Gasteiger partial charge in [-0.15, -0.1) is 0 Å². The van der Waals surface area contributed by atoms with Crippen molar-refractivity contribution >= 4 is 0 Å². The first-order valence-electron chi connectivity index (χ1n) is 8.71. The molecule has 0 aromatic carbocycles. The minimum Gasteiger partial charge on any atom is -0.327 e. The minimum absolute atomic E-state index is 0.442. The number of nitrogens with two attached hydrogens (primary N) is 1. The van der Waals surface area contributed by atoms with Crippen molar-refractivity contribution in [1.82, 2.24) is 9.80 Å². The summed E-state index contributed by atoms with van der Waals surface area (Å²) >= 11 is 0. The van der Waals surface area contributed by atoms with Crippen molar-refractivity contribution in [2.24, 2.45) is 23.5 Å². The maximum absolute atomic E-state index is 6.36. The van der Waals surface area contributed by atoms with Crippen LogP contribution in [0.25, 0.3) is 0 Å². The molecular weight excluding hydrogens is 246 g/mol. The van der Waals surface area contributed by atoms with Crippen LogP contribution in [-0.4, -0.2) is 56.1 Å². The molecule has 2 fully saturated rings. The third-order valence-electron chi connectivity index (χ3n) is 5.68. The van der Waals surface area contributed by atoms with E-state index in [9.17, 15) is 0 Å². The highest BCUT2D eigenvalue weighted by Crippen LogP contribution is 2.31. The number of rotatable bonds is 5. The molecule has 2 aliphatic rings. The normalized spacial score (nSPS) is 33.8. The third-order valence-corrected chi connectivity index (χ3v) is 5.68. The maximum Gasteiger partial charge on any atom is 0.00795 e. The summed E-state index contributed by atoms with van der Waals surface area (Å²) in [7, 11) is 4.55. The van der Waals surface area contributed by atoms with Crippen molar-refractivity contribution in [2.45, 2.75) is 51.5 Å². The molecule has 3 heteroatoms. The van der Waals surface area contributed by atoms with Gasteiger partial charge in [-0.1, -0.05) is 13.3 Å². The Balaban J connectivity index is 1.74. The van der Waals surface area contributed by atoms with Crippen molar-refractivity contribution < 1.29 is 0 Å². The molecular formula is C17H35N3. The Morgan fingerprint density at radius 2 is 1.75 bits per heavy atom. The van der Waals surface area contributed by atoms with Crippen LogP contribution in [0.1, 0.15) is 45.4 Å². The number of piperidine rings is 1. The van der Waals surface area contributed by atoms with Crippen LogP contribution in [-0.2, 0) is 0 Å². The molecule has 1 aliphatic heterocycles. The van der Waals surface area contributed by atoms with Crippen LogP contribution in [0.3, 0.4) is 0 Å². The lowest BCUT2D eigenvalue weighted by molar-refractivity contribution is 0.136. The highest BCUT2D eigenvalue weighted by Gasteiger charge is 2.28. The first-order chi connectivity index (χ1) is 9.58. The minimum atomic E-state index is 0.442. The van der Waals surface area contributed by atoms with Crippen LogP contribution in [0.5, 0.6) is 0 Å². The van der Waals surface area contributed by atoms with Crippen LogP contribution in [0.15, 0.2) is 0 Å². The van der Waals surface area contributed by atoms with Crippen molar-refractivity contribution in [3.63, 3.8) is 0 Å². The Bertz CT molecular complexity index is 273. The molecule has 2 rings (SSSR count). The molecule has 2 N–H and O–H groups in total. The summed E-state index contributed by atoms with van der Waals surface area (Å²) < 4.78 is 0. The number of likely N-dealkylation sites (tertiary alicyclic amines) is 1. The first kappa shape index (κ1) is 16.3. The molecule has 20 heavy (non-hydrogen) atoms. The summed E-state index contributed by atoms with van der Waals surface area (Å²) in [6.45, 7) is 7.37. The zero-order valence-corrected chi connectivity index (χ0v) is 13.9. The fourth-order valence-electron chi connectivity index (χ4n) is 4.13. The summed E-state index contributed by atoms with van der Waals surface area (Å²) in [6.07, 6.45) is 8.03. The van der Waals surface area contributed by atoms with Gasteiger partial charge in [-0.3, -0.25) is 0 Å². The molecule has 0 bridgehead atoms. The zero-order chi connectivity index (χ0) is 14.5. The van der Waals surface area contributed by atoms with Gasteiger partial charge >= 0.3 is 0 Å². The third kappa shape index (κ3) is 4.71. The molecule has 1 aliphatic carbocycles. The standard InChI is InChI=1S/C17H35N3/c1-4-14-5-6-17(18)16(11-14)13-20(3)12-15-7-9-19(2)10-8-15/h14-17H,4-13,18H2,1-3H3. The van der Waals surface area contributed by atoms with E-state index in [0.29, 0.717) is 6.04 Å². The molecule has 3 atom stereocenters. The van der Waals surface area contributed by atoms with Crippen molar-refractivity contribution in [2.75, 3.05) is 40.3 Å². The predicted octanol–water partition coefficient (Wildman–Crippen LogP) is 2.41. The van der Waals surface area contributed by atoms with Crippen molar-refractivity contribution in [3.05, 3.63) is 0 Å². The lowest BCUT2D eigenvalue weighted by Gasteiger charge is -2.38. The number of hydrogen-bond donors (Lipinski definition) is 1. The Hall–Kier alpha value is -0.120. The Labute approximate surface area is 125 Å². The van der Waals surface area contributed by atoms with Gasteiger partial charge in [-0.25, -0.2) is 0 Å². The van der Waals surface area contributed by atoms with Crippen LogP contribution in [0, 0.1) is 17.8 Å². The van der Waals surface area contributed by atoms with Gasteiger partial charge in [0, 0.05) is 19.1 Å². The molecule has 0 spiro atoms. The lowest BCUT2D eigenvalue weighted by Crippen LogP contribution is -2.44. The topological polar surface area (TPSA) is 32.5 Å². The average molecular weight is 281 g/mol. The van der Waals surface area contributed by atoms with Crippen LogP contribution in [0.4, 0.5) is 0 Å². The fraction of sp³-hybridized carbons (Fsp3) is 1.00. The van der Waals surface area contributed by atoms with Gasteiger partial charge in [0.05, 0.1) is 0 Å². The number of nitrogens with zero attached hydrogens (tertiary/aromatic N) is 2. The fourth-order valence-corrected chi connectivity index (χ4v) is 4.13. The molecule has 3 unspecified atom stereocenters. The Kier molecular flexibility index (Phi) is 6.31. The van der Waals surface area contributed by atoms with Gasteiger partial charge in [-0.05, 0) is 77.0 Å². The van der Waals surface area contributed by atoms with Crippen molar-refractivity contribution in [1.29, 1.82) is 0 Å². The first-order valence-corrected chi connectivity index (χ1v) is 8.71. The molecule has 1 heterocycles. The molecule has 0 aromatic heterocycles.